The summed E-state index contributed by atoms with van der Waals surface area (Å²) in [6.45, 7) is 8.50. The second-order valence-electron chi connectivity index (χ2n) is 5.84. The third kappa shape index (κ3) is 6.94. The molecular formula is C26H22O2Ti-4. The number of rotatable bonds is 0. The Labute approximate surface area is 184 Å². The number of hydrogen-bond acceptors (Lipinski definition) is 2. The van der Waals surface area contributed by atoms with E-state index in [1.54, 1.807) is 0 Å². The van der Waals surface area contributed by atoms with Gasteiger partial charge in [-0.3, -0.25) is 13.6 Å². The second kappa shape index (κ2) is 14.2. The monoisotopic (exact) mass is 414 g/mol. The molecule has 0 saturated heterocycles. The summed E-state index contributed by atoms with van der Waals surface area (Å²) < 4.78 is 2.00. The molecule has 4 aromatic rings. The molecule has 0 unspecified atom stereocenters. The molecule has 3 heteroatoms. The number of fused-ring (bicyclic) bond motifs is 4. The largest absolute Gasteiger partial charge is 0.545 e. The van der Waals surface area contributed by atoms with Gasteiger partial charge in [-0.2, -0.15) is 47.3 Å². The van der Waals surface area contributed by atoms with Gasteiger partial charge in [0.2, 0.25) is 0 Å². The van der Waals surface area contributed by atoms with Crippen LogP contribution in [0.25, 0.3) is 21.9 Å². The van der Waals surface area contributed by atoms with Gasteiger partial charge in [-0.25, -0.2) is 0 Å². The Morgan fingerprint density at radius 3 is 2.24 bits per heavy atom. The first-order valence-corrected chi connectivity index (χ1v) is 9.84. The van der Waals surface area contributed by atoms with Crippen LogP contribution in [0.3, 0.4) is 0 Å². The van der Waals surface area contributed by atoms with Gasteiger partial charge in [0.1, 0.15) is 0 Å². The summed E-state index contributed by atoms with van der Waals surface area (Å²) in [7, 11) is 0. The van der Waals surface area contributed by atoms with Crippen LogP contribution >= 0.6 is 0 Å². The van der Waals surface area contributed by atoms with Crippen molar-refractivity contribution < 1.29 is 29.6 Å². The molecular weight excluding hydrogens is 392 g/mol. The summed E-state index contributed by atoms with van der Waals surface area (Å²) in [5.74, 6) is 0. The van der Waals surface area contributed by atoms with E-state index in [1.807, 2.05) is 37.3 Å². The Morgan fingerprint density at radius 1 is 0.897 bits per heavy atom. The van der Waals surface area contributed by atoms with E-state index < -0.39 is 0 Å². The van der Waals surface area contributed by atoms with E-state index >= 15 is 0 Å². The van der Waals surface area contributed by atoms with Gasteiger partial charge in [-0.15, -0.1) is 35.2 Å². The molecule has 0 aromatic heterocycles. The van der Waals surface area contributed by atoms with Crippen molar-refractivity contribution in [2.24, 2.45) is 0 Å². The third-order valence-corrected chi connectivity index (χ3v) is 4.16. The fourth-order valence-electron chi connectivity index (χ4n) is 3.07. The van der Waals surface area contributed by atoms with Crippen LogP contribution in [0.4, 0.5) is 0 Å². The number of carbonyl (C=O) groups excluding carboxylic acids is 2. The predicted molar refractivity (Wildman–Crippen MR) is 118 cm³/mol. The SMILES string of the molecule is C[CH]=[Ti].[CH-]=O.[CH-]=O.[c-]1cccc2c1Cc1ccccc1-2.c1ccc2[cH-]ccc2c1. The van der Waals surface area contributed by atoms with E-state index in [2.05, 4.69) is 98.5 Å². The van der Waals surface area contributed by atoms with Gasteiger partial charge in [0.15, 0.2) is 0 Å². The van der Waals surface area contributed by atoms with Crippen LogP contribution in [0, 0.1) is 6.07 Å². The van der Waals surface area contributed by atoms with Crippen LogP contribution in [-0.4, -0.2) is 17.9 Å². The summed E-state index contributed by atoms with van der Waals surface area (Å²) in [6, 6.07) is 32.8. The minimum absolute atomic E-state index is 1.05. The normalized spacial score (nSPS) is 9.38. The summed E-state index contributed by atoms with van der Waals surface area (Å²) in [5.41, 5.74) is 5.51. The van der Waals surface area contributed by atoms with E-state index in [0.29, 0.717) is 0 Å². The predicted octanol–water partition coefficient (Wildman–Crippen LogP) is 5.42. The minimum atomic E-state index is 1.05. The molecule has 0 heterocycles. The summed E-state index contributed by atoms with van der Waals surface area (Å²) >= 11 is 2.00. The first kappa shape index (κ1) is 24.2. The maximum Gasteiger partial charge on any atom is -0.0253 e. The molecule has 0 fully saturated rings. The van der Waals surface area contributed by atoms with Crippen LogP contribution in [0.2, 0.25) is 0 Å². The van der Waals surface area contributed by atoms with Gasteiger partial charge in [-0.1, -0.05) is 41.5 Å². The van der Waals surface area contributed by atoms with Crippen molar-refractivity contribution in [2.45, 2.75) is 13.3 Å². The van der Waals surface area contributed by atoms with Gasteiger partial charge in [-0.05, 0) is 6.42 Å². The Bertz CT molecular complexity index is 928. The molecule has 0 atom stereocenters. The average Bonchev–Trinajstić information content (AvgIpc) is 3.42. The van der Waals surface area contributed by atoms with Crippen molar-refractivity contribution in [3.8, 4) is 11.1 Å². The minimum Gasteiger partial charge on any atom is -0.545 e. The molecule has 0 amide bonds. The zero-order valence-corrected chi connectivity index (χ0v) is 17.9. The van der Waals surface area contributed by atoms with E-state index in [-0.39, 0.29) is 0 Å². The molecule has 29 heavy (non-hydrogen) atoms. The quantitative estimate of drug-likeness (QED) is 0.193. The molecule has 0 spiro atoms. The summed E-state index contributed by atoms with van der Waals surface area (Å²) in [4.78, 5) is 15.5. The van der Waals surface area contributed by atoms with Crippen LogP contribution in [0.1, 0.15) is 18.1 Å². The van der Waals surface area contributed by atoms with E-state index in [0.717, 1.165) is 6.42 Å². The maximum atomic E-state index is 7.75. The molecule has 146 valence electrons. The van der Waals surface area contributed by atoms with Gasteiger partial charge in [0.05, 0.1) is 0 Å². The first-order chi connectivity index (χ1) is 14.3. The third-order valence-electron chi connectivity index (χ3n) is 4.16. The Balaban J connectivity index is 0.000000230. The van der Waals surface area contributed by atoms with Crippen LogP contribution < -0.4 is 0 Å². The fourth-order valence-corrected chi connectivity index (χ4v) is 3.07. The molecule has 1 aliphatic rings. The number of hydrogen-bond donors (Lipinski definition) is 0. The molecule has 0 saturated carbocycles. The van der Waals surface area contributed by atoms with Crippen molar-refractivity contribution in [3.05, 3.63) is 102 Å². The van der Waals surface area contributed by atoms with Crippen LogP contribution in [0.15, 0.2) is 84.9 Å². The van der Waals surface area contributed by atoms with Gasteiger partial charge in [0.25, 0.3) is 0 Å². The van der Waals surface area contributed by atoms with E-state index in [1.165, 1.54) is 33.0 Å². The smallest absolute Gasteiger partial charge is 0.0253 e. The zero-order valence-electron chi connectivity index (χ0n) is 16.3. The second-order valence-corrected chi connectivity index (χ2v) is 6.74. The number of benzene rings is 3. The van der Waals surface area contributed by atoms with E-state index in [9.17, 15) is 0 Å². The molecule has 4 aromatic carbocycles. The van der Waals surface area contributed by atoms with Crippen molar-refractivity contribution in [2.75, 3.05) is 0 Å². The maximum absolute atomic E-state index is 7.75. The van der Waals surface area contributed by atoms with Crippen molar-refractivity contribution in [1.82, 2.24) is 0 Å². The van der Waals surface area contributed by atoms with Gasteiger partial charge >= 0.3 is 31.2 Å². The summed E-state index contributed by atoms with van der Waals surface area (Å²) in [6.07, 6.45) is 1.05. The van der Waals surface area contributed by atoms with E-state index in [4.69, 9.17) is 9.59 Å². The topological polar surface area (TPSA) is 34.1 Å². The fraction of sp³-hybridized carbons (Fsp3) is 0.0769. The van der Waals surface area contributed by atoms with Crippen LogP contribution in [0.5, 0.6) is 0 Å². The molecule has 0 bridgehead atoms. The molecule has 5 rings (SSSR count). The first-order valence-electron chi connectivity index (χ1n) is 8.94. The van der Waals surface area contributed by atoms with Crippen molar-refractivity contribution >= 4 is 28.7 Å². The molecule has 2 nitrogen and oxygen atoms in total. The molecule has 0 aliphatic heterocycles. The van der Waals surface area contributed by atoms with Crippen LogP contribution in [-0.2, 0) is 36.0 Å². The average molecular weight is 414 g/mol. The molecule has 0 radical (unpaired) electrons. The Morgan fingerprint density at radius 2 is 1.52 bits per heavy atom. The van der Waals surface area contributed by atoms with Crippen molar-refractivity contribution in [1.29, 1.82) is 0 Å². The van der Waals surface area contributed by atoms with Gasteiger partial charge in [0, 0.05) is 0 Å². The Hall–Kier alpha value is -2.81. The van der Waals surface area contributed by atoms with Crippen molar-refractivity contribution in [3.63, 3.8) is 0 Å². The Kier molecular flexibility index (Phi) is 11.9. The van der Waals surface area contributed by atoms with Gasteiger partial charge < -0.3 is 9.59 Å². The zero-order chi connectivity index (χ0) is 21.5. The standard InChI is InChI=1S/C13H9.C9H7.C2H4.2CHO.Ti/c1-3-7-12-10(5-1)9-11-6-2-4-8-13(11)12;1-2-5-9-7-3-6-8(9)4-1;3*1-2;/h1-5,7-8H,9H2;1-7H;1H,2H3;2*1H;/q2*-1;;2*-1;. The molecule has 1 aliphatic carbocycles. The molecule has 0 N–H and O–H groups in total. The summed E-state index contributed by atoms with van der Waals surface area (Å²) in [5, 5.41) is 2.66.